The van der Waals surface area contributed by atoms with Gasteiger partial charge in [0.25, 0.3) is 0 Å². The second-order valence-corrected chi connectivity index (χ2v) is 3.01. The van der Waals surface area contributed by atoms with Crippen LogP contribution in [0.5, 0.6) is 5.75 Å². The van der Waals surface area contributed by atoms with Crippen molar-refractivity contribution in [3.8, 4) is 5.75 Å². The number of carbonyl (C=O) groups is 1. The summed E-state index contributed by atoms with van der Waals surface area (Å²) in [5, 5.41) is 9.04. The highest BCUT2D eigenvalue weighted by atomic mass is 79.9. The number of nitrogens with two attached hydrogens (primary N) is 1. The third-order valence-corrected chi connectivity index (χ3v) is 2.02. The van der Waals surface area contributed by atoms with Gasteiger partial charge in [-0.15, -0.1) is 0 Å². The number of halogens is 2. The Kier molecular flexibility index (Phi) is 2.87. The number of phenols is 1. The van der Waals surface area contributed by atoms with E-state index in [1.807, 2.05) is 0 Å². The molecular weight excluding hydrogens is 241 g/mol. The van der Waals surface area contributed by atoms with Gasteiger partial charge in [0.05, 0.1) is 16.6 Å². The van der Waals surface area contributed by atoms with Crippen LogP contribution in [0.3, 0.4) is 0 Å². The molecule has 0 unspecified atom stereocenters. The van der Waals surface area contributed by atoms with Crippen molar-refractivity contribution >= 4 is 27.4 Å². The fourth-order valence-electron chi connectivity index (χ4n) is 0.906. The third-order valence-electron chi connectivity index (χ3n) is 1.51. The van der Waals surface area contributed by atoms with Crippen LogP contribution in [0.1, 0.15) is 10.4 Å². The van der Waals surface area contributed by atoms with E-state index in [0.717, 1.165) is 12.1 Å². The number of benzene rings is 1. The number of carbonyl (C=O) groups excluding carboxylic acids is 1. The predicted molar refractivity (Wildman–Crippen MR) is 50.6 cm³/mol. The number of phenolic OH excluding ortho intramolecular Hbond substituents is 1. The number of nitrogen functional groups attached to an aromatic ring is 1. The summed E-state index contributed by atoms with van der Waals surface area (Å²) in [7, 11) is 0. The summed E-state index contributed by atoms with van der Waals surface area (Å²) in [6.07, 6.45) is 0. The summed E-state index contributed by atoms with van der Waals surface area (Å²) >= 11 is 2.90. The topological polar surface area (TPSA) is 63.3 Å². The Morgan fingerprint density at radius 1 is 1.62 bits per heavy atom. The Hall–Kier alpha value is -1.10. The van der Waals surface area contributed by atoms with Crippen LogP contribution in [0.2, 0.25) is 0 Å². The van der Waals surface area contributed by atoms with Gasteiger partial charge in [-0.25, -0.2) is 4.39 Å². The van der Waals surface area contributed by atoms with Crippen molar-refractivity contribution < 1.29 is 14.3 Å². The van der Waals surface area contributed by atoms with Crippen molar-refractivity contribution in [3.05, 3.63) is 23.5 Å². The van der Waals surface area contributed by atoms with E-state index in [2.05, 4.69) is 15.9 Å². The second-order valence-electron chi connectivity index (χ2n) is 2.45. The van der Waals surface area contributed by atoms with Crippen molar-refractivity contribution in [2.24, 2.45) is 0 Å². The fourth-order valence-corrected chi connectivity index (χ4v) is 1.21. The Morgan fingerprint density at radius 2 is 2.23 bits per heavy atom. The Morgan fingerprint density at radius 3 is 2.77 bits per heavy atom. The van der Waals surface area contributed by atoms with Gasteiger partial charge in [-0.1, -0.05) is 15.9 Å². The van der Waals surface area contributed by atoms with E-state index < -0.39 is 11.6 Å². The maximum Gasteiger partial charge on any atom is 0.176 e. The number of hydrogen-bond acceptors (Lipinski definition) is 3. The molecule has 70 valence electrons. The molecular formula is C8H7BrFNO2. The molecule has 0 heterocycles. The summed E-state index contributed by atoms with van der Waals surface area (Å²) in [6, 6.07) is 2.11. The maximum atomic E-state index is 13.1. The summed E-state index contributed by atoms with van der Waals surface area (Å²) in [5.41, 5.74) is 4.78. The molecule has 3 nitrogen and oxygen atoms in total. The van der Waals surface area contributed by atoms with Crippen molar-refractivity contribution in [1.82, 2.24) is 0 Å². The summed E-state index contributed by atoms with van der Waals surface area (Å²) in [6.45, 7) is 0. The average Bonchev–Trinajstić information content (AvgIpc) is 2.10. The lowest BCUT2D eigenvalue weighted by molar-refractivity contribution is 0.101. The van der Waals surface area contributed by atoms with Crippen LogP contribution < -0.4 is 5.73 Å². The molecule has 13 heavy (non-hydrogen) atoms. The largest absolute Gasteiger partial charge is 0.508 e. The van der Waals surface area contributed by atoms with Crippen LogP contribution in [0, 0.1) is 5.82 Å². The molecule has 1 aromatic carbocycles. The molecule has 0 aliphatic rings. The van der Waals surface area contributed by atoms with Gasteiger partial charge in [-0.2, -0.15) is 0 Å². The van der Waals surface area contributed by atoms with E-state index in [9.17, 15) is 9.18 Å². The molecule has 0 aliphatic heterocycles. The van der Waals surface area contributed by atoms with Gasteiger partial charge in [0.2, 0.25) is 0 Å². The number of Topliss-reactive ketones (excluding diaryl/α,β-unsaturated/α-hetero) is 1. The van der Waals surface area contributed by atoms with Gasteiger partial charge in [0, 0.05) is 6.07 Å². The van der Waals surface area contributed by atoms with E-state index in [0.29, 0.717) is 0 Å². The molecule has 0 amide bonds. The second kappa shape index (κ2) is 3.74. The molecule has 0 aliphatic carbocycles. The first-order valence-electron chi connectivity index (χ1n) is 3.43. The summed E-state index contributed by atoms with van der Waals surface area (Å²) in [4.78, 5) is 11.1. The van der Waals surface area contributed by atoms with Gasteiger partial charge >= 0.3 is 0 Å². The van der Waals surface area contributed by atoms with Crippen LogP contribution in [-0.2, 0) is 0 Å². The quantitative estimate of drug-likeness (QED) is 0.475. The van der Waals surface area contributed by atoms with Crippen LogP contribution in [-0.4, -0.2) is 16.2 Å². The minimum absolute atomic E-state index is 0.00713. The van der Waals surface area contributed by atoms with E-state index in [4.69, 9.17) is 10.8 Å². The average molecular weight is 248 g/mol. The lowest BCUT2D eigenvalue weighted by Crippen LogP contribution is -2.05. The molecule has 0 aromatic heterocycles. The highest BCUT2D eigenvalue weighted by Crippen LogP contribution is 2.22. The van der Waals surface area contributed by atoms with Gasteiger partial charge in [-0.3, -0.25) is 4.79 Å². The first kappa shape index (κ1) is 9.98. The highest BCUT2D eigenvalue weighted by molar-refractivity contribution is 9.09. The Bertz CT molecular complexity index is 354. The van der Waals surface area contributed by atoms with E-state index in [-0.39, 0.29) is 22.3 Å². The lowest BCUT2D eigenvalue weighted by Gasteiger charge is -2.03. The van der Waals surface area contributed by atoms with Gasteiger partial charge in [0.15, 0.2) is 11.6 Å². The molecule has 0 bridgehead atoms. The monoisotopic (exact) mass is 247 g/mol. The zero-order valence-electron chi connectivity index (χ0n) is 6.55. The number of aromatic hydroxyl groups is 1. The first-order chi connectivity index (χ1) is 6.06. The molecule has 0 spiro atoms. The molecule has 0 saturated carbocycles. The standard InChI is InChI=1S/C8H7BrFNO2/c9-3-7(13)5-1-4(12)2-6(11)8(5)10/h1-2,12H,3,11H2. The maximum absolute atomic E-state index is 13.1. The first-order valence-corrected chi connectivity index (χ1v) is 4.55. The minimum atomic E-state index is -0.790. The minimum Gasteiger partial charge on any atom is -0.508 e. The SMILES string of the molecule is Nc1cc(O)cc(C(=O)CBr)c1F. The van der Waals surface area contributed by atoms with Crippen LogP contribution in [0.4, 0.5) is 10.1 Å². The predicted octanol–water partition coefficient (Wildman–Crippen LogP) is 1.69. The molecule has 3 N–H and O–H groups in total. The Balaban J connectivity index is 3.28. The van der Waals surface area contributed by atoms with Crippen LogP contribution in [0.25, 0.3) is 0 Å². The molecule has 0 saturated heterocycles. The van der Waals surface area contributed by atoms with Crippen molar-refractivity contribution in [2.75, 3.05) is 11.1 Å². The van der Waals surface area contributed by atoms with Gasteiger partial charge < -0.3 is 10.8 Å². The summed E-state index contributed by atoms with van der Waals surface area (Å²) < 4.78 is 13.1. The smallest absolute Gasteiger partial charge is 0.176 e. The normalized spacial score (nSPS) is 10.0. The van der Waals surface area contributed by atoms with E-state index in [1.54, 1.807) is 0 Å². The molecule has 1 rings (SSSR count). The number of anilines is 1. The zero-order valence-corrected chi connectivity index (χ0v) is 8.14. The number of rotatable bonds is 2. The molecule has 0 fully saturated rings. The third kappa shape index (κ3) is 1.98. The number of hydrogen-bond donors (Lipinski definition) is 2. The zero-order chi connectivity index (χ0) is 10.0. The lowest BCUT2D eigenvalue weighted by atomic mass is 10.1. The highest BCUT2D eigenvalue weighted by Gasteiger charge is 2.14. The molecule has 0 radical (unpaired) electrons. The molecule has 1 aromatic rings. The fraction of sp³-hybridized carbons (Fsp3) is 0.125. The van der Waals surface area contributed by atoms with Crippen LogP contribution >= 0.6 is 15.9 Å². The number of alkyl halides is 1. The van der Waals surface area contributed by atoms with Crippen LogP contribution in [0.15, 0.2) is 12.1 Å². The van der Waals surface area contributed by atoms with Crippen molar-refractivity contribution in [1.29, 1.82) is 0 Å². The van der Waals surface area contributed by atoms with Gasteiger partial charge in [-0.05, 0) is 6.07 Å². The van der Waals surface area contributed by atoms with Crippen molar-refractivity contribution in [3.63, 3.8) is 0 Å². The van der Waals surface area contributed by atoms with E-state index >= 15 is 0 Å². The van der Waals surface area contributed by atoms with E-state index in [1.165, 1.54) is 0 Å². The van der Waals surface area contributed by atoms with Crippen molar-refractivity contribution in [2.45, 2.75) is 0 Å². The molecule has 0 atom stereocenters. The molecule has 5 heteroatoms. The number of ketones is 1. The van der Waals surface area contributed by atoms with Gasteiger partial charge in [0.1, 0.15) is 5.75 Å². The summed E-state index contributed by atoms with van der Waals surface area (Å²) in [5.74, 6) is -1.47. The Labute approximate surface area is 82.5 Å².